The van der Waals surface area contributed by atoms with Crippen LogP contribution in [0.5, 0.6) is 11.5 Å². The average molecular weight is 441 g/mol. The van der Waals surface area contributed by atoms with Crippen molar-refractivity contribution >= 4 is 17.8 Å². The number of urea groups is 1. The summed E-state index contributed by atoms with van der Waals surface area (Å²) < 4.78 is 16.8. The molecule has 2 aliphatic rings. The topological polar surface area (TPSA) is 110 Å². The summed E-state index contributed by atoms with van der Waals surface area (Å²) in [4.78, 5) is 39.1. The molecule has 2 atom stereocenters. The van der Waals surface area contributed by atoms with Gasteiger partial charge in [-0.05, 0) is 42.7 Å². The second-order valence-electron chi connectivity index (χ2n) is 8.47. The van der Waals surface area contributed by atoms with Gasteiger partial charge in [0.25, 0.3) is 5.91 Å². The Bertz CT molecular complexity index is 1020. The molecule has 9 nitrogen and oxygen atoms in total. The summed E-state index contributed by atoms with van der Waals surface area (Å²) in [6, 6.07) is 7.87. The highest BCUT2D eigenvalue weighted by atomic mass is 16.5. The Labute approximate surface area is 186 Å². The largest absolute Gasteiger partial charge is 0.490 e. The Hall–Kier alpha value is -3.49. The van der Waals surface area contributed by atoms with Crippen molar-refractivity contribution in [3.05, 3.63) is 47.9 Å². The standard InChI is InChI=1S/C23H27N3O6/c1-14(2)20(15-7-8-16-17(12-15)31-11-5-10-30-16)24-19(27)13-26-21(28)23(3,25-22(26)29)18-6-4-9-32-18/h4,6-9,12,14,20H,5,10-11,13H2,1-3H3,(H,24,27)(H,25,29)/t20-,23-/m1/s1. The first kappa shape index (κ1) is 21.7. The summed E-state index contributed by atoms with van der Waals surface area (Å²) in [7, 11) is 0. The highest BCUT2D eigenvalue weighted by Crippen LogP contribution is 2.34. The average Bonchev–Trinajstić information content (AvgIpc) is 3.29. The van der Waals surface area contributed by atoms with Gasteiger partial charge in [-0.2, -0.15) is 0 Å². The van der Waals surface area contributed by atoms with E-state index in [0.29, 0.717) is 30.5 Å². The lowest BCUT2D eigenvalue weighted by Crippen LogP contribution is -2.44. The van der Waals surface area contributed by atoms with Crippen LogP contribution in [0.4, 0.5) is 4.79 Å². The zero-order valence-electron chi connectivity index (χ0n) is 18.3. The Kier molecular flexibility index (Phi) is 5.82. The first-order valence-electron chi connectivity index (χ1n) is 10.7. The minimum absolute atomic E-state index is 0.0557. The fraction of sp³-hybridized carbons (Fsp3) is 0.435. The summed E-state index contributed by atoms with van der Waals surface area (Å²) in [5.74, 6) is 0.707. The number of rotatable bonds is 6. The number of nitrogens with zero attached hydrogens (tertiary/aromatic N) is 1. The van der Waals surface area contributed by atoms with E-state index in [4.69, 9.17) is 13.9 Å². The van der Waals surface area contributed by atoms with Crippen LogP contribution in [0.25, 0.3) is 0 Å². The van der Waals surface area contributed by atoms with Gasteiger partial charge < -0.3 is 24.5 Å². The molecule has 1 saturated heterocycles. The minimum Gasteiger partial charge on any atom is -0.490 e. The van der Waals surface area contributed by atoms with E-state index in [2.05, 4.69) is 10.6 Å². The second-order valence-corrected chi connectivity index (χ2v) is 8.47. The number of hydrogen-bond donors (Lipinski definition) is 2. The summed E-state index contributed by atoms with van der Waals surface area (Å²) in [5, 5.41) is 5.57. The number of carbonyl (C=O) groups is 3. The first-order chi connectivity index (χ1) is 15.3. The van der Waals surface area contributed by atoms with E-state index in [1.54, 1.807) is 19.1 Å². The molecule has 4 amide bonds. The van der Waals surface area contributed by atoms with Crippen molar-refractivity contribution in [2.24, 2.45) is 5.92 Å². The van der Waals surface area contributed by atoms with E-state index in [1.165, 1.54) is 6.26 Å². The zero-order chi connectivity index (χ0) is 22.9. The van der Waals surface area contributed by atoms with Crippen LogP contribution in [0.1, 0.15) is 44.6 Å². The fourth-order valence-electron chi connectivity index (χ4n) is 3.94. The zero-order valence-corrected chi connectivity index (χ0v) is 18.3. The van der Waals surface area contributed by atoms with E-state index in [-0.39, 0.29) is 12.0 Å². The van der Waals surface area contributed by atoms with Gasteiger partial charge in [0.2, 0.25) is 5.91 Å². The monoisotopic (exact) mass is 441 g/mol. The van der Waals surface area contributed by atoms with Gasteiger partial charge in [0.15, 0.2) is 17.0 Å². The van der Waals surface area contributed by atoms with Gasteiger partial charge >= 0.3 is 6.03 Å². The highest BCUT2D eigenvalue weighted by Gasteiger charge is 2.51. The molecule has 0 radical (unpaired) electrons. The molecule has 4 rings (SSSR count). The van der Waals surface area contributed by atoms with E-state index < -0.39 is 29.9 Å². The first-order valence-corrected chi connectivity index (χ1v) is 10.7. The molecule has 2 aromatic rings. The molecule has 9 heteroatoms. The number of nitrogens with one attached hydrogen (secondary N) is 2. The van der Waals surface area contributed by atoms with Crippen LogP contribution < -0.4 is 20.1 Å². The highest BCUT2D eigenvalue weighted by molar-refractivity contribution is 6.08. The number of furan rings is 1. The third-order valence-corrected chi connectivity index (χ3v) is 5.70. The smallest absolute Gasteiger partial charge is 0.325 e. The maximum absolute atomic E-state index is 12.9. The summed E-state index contributed by atoms with van der Waals surface area (Å²) in [6.45, 7) is 6.29. The van der Waals surface area contributed by atoms with Crippen molar-refractivity contribution in [1.82, 2.24) is 15.5 Å². The van der Waals surface area contributed by atoms with Crippen molar-refractivity contribution in [2.75, 3.05) is 19.8 Å². The van der Waals surface area contributed by atoms with Crippen LogP contribution in [-0.2, 0) is 15.1 Å². The molecule has 3 heterocycles. The number of amides is 4. The number of ether oxygens (including phenoxy) is 2. The van der Waals surface area contributed by atoms with Gasteiger partial charge in [0, 0.05) is 6.42 Å². The lowest BCUT2D eigenvalue weighted by molar-refractivity contribution is -0.135. The molecule has 0 bridgehead atoms. The molecule has 170 valence electrons. The van der Waals surface area contributed by atoms with Crippen LogP contribution >= 0.6 is 0 Å². The van der Waals surface area contributed by atoms with Crippen molar-refractivity contribution in [3.8, 4) is 11.5 Å². The van der Waals surface area contributed by atoms with E-state index in [1.807, 2.05) is 32.0 Å². The van der Waals surface area contributed by atoms with Crippen LogP contribution in [0.2, 0.25) is 0 Å². The third kappa shape index (κ3) is 4.02. The van der Waals surface area contributed by atoms with Crippen molar-refractivity contribution in [1.29, 1.82) is 0 Å². The van der Waals surface area contributed by atoms with Gasteiger partial charge in [-0.3, -0.25) is 14.5 Å². The SMILES string of the molecule is CC(C)[C@@H](NC(=O)CN1C(=O)N[C@](C)(c2ccco2)C1=O)c1ccc2c(c1)OCCCO2. The molecule has 0 unspecified atom stereocenters. The maximum atomic E-state index is 12.9. The van der Waals surface area contributed by atoms with Gasteiger partial charge in [-0.25, -0.2) is 4.79 Å². The predicted octanol–water partition coefficient (Wildman–Crippen LogP) is 2.72. The van der Waals surface area contributed by atoms with Gasteiger partial charge in [-0.15, -0.1) is 0 Å². The van der Waals surface area contributed by atoms with Crippen LogP contribution in [0.3, 0.4) is 0 Å². The summed E-state index contributed by atoms with van der Waals surface area (Å²) >= 11 is 0. The van der Waals surface area contributed by atoms with Crippen molar-refractivity contribution < 1.29 is 28.3 Å². The van der Waals surface area contributed by atoms with Gasteiger partial charge in [0.1, 0.15) is 12.3 Å². The lowest BCUT2D eigenvalue weighted by Gasteiger charge is -2.25. The normalized spacial score (nSPS) is 21.3. The second kappa shape index (κ2) is 8.57. The lowest BCUT2D eigenvalue weighted by atomic mass is 9.95. The maximum Gasteiger partial charge on any atom is 0.325 e. The number of fused-ring (bicyclic) bond motifs is 1. The molecular weight excluding hydrogens is 414 g/mol. The van der Waals surface area contributed by atoms with E-state index in [9.17, 15) is 14.4 Å². The molecule has 1 aromatic carbocycles. The van der Waals surface area contributed by atoms with E-state index >= 15 is 0 Å². The number of carbonyl (C=O) groups excluding carboxylic acids is 3. The molecule has 0 aliphatic carbocycles. The number of benzene rings is 1. The van der Waals surface area contributed by atoms with Crippen LogP contribution in [0.15, 0.2) is 41.0 Å². The molecule has 2 aliphatic heterocycles. The Balaban J connectivity index is 1.48. The fourth-order valence-corrected chi connectivity index (χ4v) is 3.94. The number of imide groups is 1. The predicted molar refractivity (Wildman–Crippen MR) is 114 cm³/mol. The Morgan fingerprint density at radius 1 is 1.19 bits per heavy atom. The molecule has 0 spiro atoms. The van der Waals surface area contributed by atoms with Gasteiger partial charge in [0.05, 0.1) is 25.5 Å². The molecule has 2 N–H and O–H groups in total. The minimum atomic E-state index is -1.34. The molecule has 1 aromatic heterocycles. The summed E-state index contributed by atoms with van der Waals surface area (Å²) in [5.41, 5.74) is -0.484. The quantitative estimate of drug-likeness (QED) is 0.667. The number of hydrogen-bond acceptors (Lipinski definition) is 6. The molecule has 0 saturated carbocycles. The van der Waals surface area contributed by atoms with Crippen LogP contribution in [-0.4, -0.2) is 42.5 Å². The van der Waals surface area contributed by atoms with Crippen molar-refractivity contribution in [3.63, 3.8) is 0 Å². The summed E-state index contributed by atoms with van der Waals surface area (Å²) in [6.07, 6.45) is 2.23. The molecular formula is C23H27N3O6. The molecule has 1 fully saturated rings. The van der Waals surface area contributed by atoms with Crippen LogP contribution in [0, 0.1) is 5.92 Å². The Morgan fingerprint density at radius 3 is 2.62 bits per heavy atom. The molecule has 32 heavy (non-hydrogen) atoms. The third-order valence-electron chi connectivity index (χ3n) is 5.70. The Morgan fingerprint density at radius 2 is 1.94 bits per heavy atom. The van der Waals surface area contributed by atoms with Crippen molar-refractivity contribution in [2.45, 2.75) is 38.8 Å². The van der Waals surface area contributed by atoms with E-state index in [0.717, 1.165) is 16.9 Å². The van der Waals surface area contributed by atoms with Gasteiger partial charge in [-0.1, -0.05) is 19.9 Å².